The Hall–Kier alpha value is 1.31. The van der Waals surface area contributed by atoms with Crippen molar-refractivity contribution in [3.8, 4) is 0 Å². The van der Waals surface area contributed by atoms with E-state index in [-0.39, 0.29) is 29.6 Å². The van der Waals surface area contributed by atoms with Gasteiger partial charge in [0, 0.05) is 29.6 Å². The van der Waals surface area contributed by atoms with Crippen LogP contribution in [0, 0.1) is 5.92 Å². The average Bonchev–Trinajstić information content (AvgIpc) is 1.35. The third-order valence-corrected chi connectivity index (χ3v) is 1.20. The summed E-state index contributed by atoms with van der Waals surface area (Å²) in [5, 5.41) is 0. The third kappa shape index (κ3) is 11.1. The molecule has 3 heteroatoms. The maximum absolute atomic E-state index is 9.66. The molecule has 0 N–H and O–H groups in total. The van der Waals surface area contributed by atoms with Crippen molar-refractivity contribution in [1.29, 1.82) is 0 Å². The van der Waals surface area contributed by atoms with Gasteiger partial charge in [0.05, 0.1) is 0 Å². The van der Waals surface area contributed by atoms with Gasteiger partial charge in [0.1, 0.15) is 0 Å². The zero-order valence-corrected chi connectivity index (χ0v) is 7.92. The van der Waals surface area contributed by atoms with E-state index in [9.17, 15) is 4.55 Å². The van der Waals surface area contributed by atoms with E-state index in [1.165, 1.54) is 0 Å². The zero-order valence-electron chi connectivity index (χ0n) is 5.10. The number of rotatable bonds is 2. The molecular formula is C4H9NaOS-. The van der Waals surface area contributed by atoms with Crippen LogP contribution in [0.15, 0.2) is 0 Å². The topological polar surface area (TPSA) is 23.1 Å². The van der Waals surface area contributed by atoms with Crippen LogP contribution in [0.25, 0.3) is 0 Å². The van der Waals surface area contributed by atoms with Crippen molar-refractivity contribution in [2.75, 3.05) is 5.75 Å². The second-order valence-corrected chi connectivity index (χ2v) is 2.25. The van der Waals surface area contributed by atoms with Crippen LogP contribution in [0.2, 0.25) is 0 Å². The number of hydrogen-bond acceptors (Lipinski definition) is 2. The third-order valence-electron chi connectivity index (χ3n) is 0.401. The molecule has 0 fully saturated rings. The van der Waals surface area contributed by atoms with Gasteiger partial charge in [0.2, 0.25) is 0 Å². The van der Waals surface area contributed by atoms with Gasteiger partial charge < -0.3 is 4.55 Å². The van der Waals surface area contributed by atoms with E-state index in [0.29, 0.717) is 18.0 Å². The molecule has 1 radical (unpaired) electrons. The Bertz CT molecular complexity index is 32.9. The molecule has 0 amide bonds. The van der Waals surface area contributed by atoms with Crippen molar-refractivity contribution in [2.24, 2.45) is 5.92 Å². The molecule has 1 nitrogen and oxygen atoms in total. The summed E-state index contributed by atoms with van der Waals surface area (Å²) in [7, 11) is 0. The minimum atomic E-state index is 0. The SMILES string of the molecule is CC(C)CS[O-].[Na]. The van der Waals surface area contributed by atoms with Crippen LogP contribution in [0.3, 0.4) is 0 Å². The van der Waals surface area contributed by atoms with E-state index in [0.717, 1.165) is 5.75 Å². The maximum atomic E-state index is 9.66. The van der Waals surface area contributed by atoms with Gasteiger partial charge in [0.25, 0.3) is 0 Å². The van der Waals surface area contributed by atoms with Crippen molar-refractivity contribution >= 4 is 41.6 Å². The summed E-state index contributed by atoms with van der Waals surface area (Å²) in [6, 6.07) is 0. The van der Waals surface area contributed by atoms with Crippen LogP contribution >= 0.6 is 12.0 Å². The minimum Gasteiger partial charge on any atom is -0.799 e. The summed E-state index contributed by atoms with van der Waals surface area (Å²) in [4.78, 5) is 0. The van der Waals surface area contributed by atoms with E-state index in [1.54, 1.807) is 0 Å². The molecule has 0 saturated heterocycles. The molecule has 39 valence electrons. The van der Waals surface area contributed by atoms with Crippen molar-refractivity contribution in [3.63, 3.8) is 0 Å². The summed E-state index contributed by atoms with van der Waals surface area (Å²) >= 11 is 0.660. The van der Waals surface area contributed by atoms with Crippen molar-refractivity contribution in [2.45, 2.75) is 13.8 Å². The first-order chi connectivity index (χ1) is 2.77. The Kier molecular flexibility index (Phi) is 11.6. The quantitative estimate of drug-likeness (QED) is 0.411. The summed E-state index contributed by atoms with van der Waals surface area (Å²) in [5.41, 5.74) is 0. The molecule has 0 rings (SSSR count). The minimum absolute atomic E-state index is 0. The van der Waals surface area contributed by atoms with Gasteiger partial charge >= 0.3 is 0 Å². The Morgan fingerprint density at radius 1 is 1.57 bits per heavy atom. The first-order valence-corrected chi connectivity index (χ1v) is 2.93. The molecule has 0 aromatic rings. The molecular weight excluding hydrogens is 119 g/mol. The fourth-order valence-electron chi connectivity index (χ4n) is 0.136. The summed E-state index contributed by atoms with van der Waals surface area (Å²) < 4.78 is 9.66. The van der Waals surface area contributed by atoms with Crippen molar-refractivity contribution < 1.29 is 4.55 Å². The van der Waals surface area contributed by atoms with Gasteiger partial charge in [-0.1, -0.05) is 13.8 Å². The van der Waals surface area contributed by atoms with E-state index in [2.05, 4.69) is 0 Å². The van der Waals surface area contributed by atoms with E-state index in [1.807, 2.05) is 13.8 Å². The molecule has 0 atom stereocenters. The molecule has 0 heterocycles. The Balaban J connectivity index is 0. The molecule has 0 aliphatic rings. The monoisotopic (exact) mass is 128 g/mol. The molecule has 0 spiro atoms. The van der Waals surface area contributed by atoms with E-state index < -0.39 is 0 Å². The summed E-state index contributed by atoms with van der Waals surface area (Å²) in [6.07, 6.45) is 0. The van der Waals surface area contributed by atoms with Crippen molar-refractivity contribution in [1.82, 2.24) is 0 Å². The second kappa shape index (κ2) is 7.31. The van der Waals surface area contributed by atoms with Crippen LogP contribution in [-0.4, -0.2) is 39.9 Å². The van der Waals surface area contributed by atoms with Crippen molar-refractivity contribution in [3.05, 3.63) is 0 Å². The fraction of sp³-hybridized carbons (Fsp3) is 1.00. The smallest absolute Gasteiger partial charge is 0 e. The van der Waals surface area contributed by atoms with E-state index >= 15 is 0 Å². The largest absolute Gasteiger partial charge is 0.799 e. The molecule has 7 heavy (non-hydrogen) atoms. The molecule has 0 aromatic heterocycles. The van der Waals surface area contributed by atoms with Crippen LogP contribution in [0.5, 0.6) is 0 Å². The Morgan fingerprint density at radius 2 is 2.00 bits per heavy atom. The molecule has 0 aliphatic carbocycles. The maximum Gasteiger partial charge on any atom is 0 e. The van der Waals surface area contributed by atoms with Crippen LogP contribution < -0.4 is 0 Å². The van der Waals surface area contributed by atoms with Crippen LogP contribution in [0.4, 0.5) is 0 Å². The zero-order chi connectivity index (χ0) is 4.99. The van der Waals surface area contributed by atoms with Gasteiger partial charge in [-0.05, 0) is 11.7 Å². The predicted molar refractivity (Wildman–Crippen MR) is 33.8 cm³/mol. The first-order valence-electron chi connectivity index (χ1n) is 2.02. The average molecular weight is 128 g/mol. The fourth-order valence-corrected chi connectivity index (χ4v) is 0.408. The molecule has 0 aliphatic heterocycles. The predicted octanol–water partition coefficient (Wildman–Crippen LogP) is 1.13. The normalized spacial score (nSPS) is 8.57. The molecule has 0 unspecified atom stereocenters. The second-order valence-electron chi connectivity index (χ2n) is 1.68. The van der Waals surface area contributed by atoms with Crippen LogP contribution in [-0.2, 0) is 0 Å². The summed E-state index contributed by atoms with van der Waals surface area (Å²) in [6.45, 7) is 4.07. The van der Waals surface area contributed by atoms with Gasteiger partial charge in [-0.25, -0.2) is 0 Å². The number of hydrogen-bond donors (Lipinski definition) is 0. The van der Waals surface area contributed by atoms with Gasteiger partial charge in [-0.3, -0.25) is 12.0 Å². The molecule has 0 saturated carbocycles. The van der Waals surface area contributed by atoms with Crippen LogP contribution in [0.1, 0.15) is 13.8 Å². The van der Waals surface area contributed by atoms with Gasteiger partial charge in [0.15, 0.2) is 0 Å². The summed E-state index contributed by atoms with van der Waals surface area (Å²) in [5.74, 6) is 1.28. The molecule has 0 bridgehead atoms. The Morgan fingerprint density at radius 3 is 2.00 bits per heavy atom. The van der Waals surface area contributed by atoms with Gasteiger partial charge in [-0.15, -0.1) is 0 Å². The first kappa shape index (κ1) is 11.2. The molecule has 0 aromatic carbocycles. The Labute approximate surface area is 71.4 Å². The van der Waals surface area contributed by atoms with E-state index in [4.69, 9.17) is 0 Å². The van der Waals surface area contributed by atoms with Gasteiger partial charge in [-0.2, -0.15) is 0 Å². The standard InChI is InChI=1S/C4H10OS.Na/c1-4(2)3-6-5;/h4-5H,3H2,1-2H3;/p-1.